The zero-order chi connectivity index (χ0) is 16.8. The Labute approximate surface area is 134 Å². The van der Waals surface area contributed by atoms with E-state index in [2.05, 4.69) is 5.32 Å². The van der Waals surface area contributed by atoms with Crippen molar-refractivity contribution in [3.8, 4) is 0 Å². The zero-order valence-corrected chi connectivity index (χ0v) is 12.9. The highest BCUT2D eigenvalue weighted by Crippen LogP contribution is 2.26. The summed E-state index contributed by atoms with van der Waals surface area (Å²) in [5.41, 5.74) is 1.09. The molecule has 120 valence electrons. The number of carbonyl (C=O) groups is 1. The van der Waals surface area contributed by atoms with Crippen LogP contribution in [0.5, 0.6) is 0 Å². The van der Waals surface area contributed by atoms with Gasteiger partial charge in [-0.1, -0.05) is 42.5 Å². The standard InChI is InChI=1S/C17H18N2O4/c1-18-15(16(20)12-7-4-3-5-8-12)17(23-2)13-9-6-10-14(11-13)19(21)22/h3-11,15,17-18H,1-2H3/t15-,17-/m1/s1. The van der Waals surface area contributed by atoms with Crippen LogP contribution in [0.15, 0.2) is 54.6 Å². The van der Waals surface area contributed by atoms with Gasteiger partial charge >= 0.3 is 0 Å². The smallest absolute Gasteiger partial charge is 0.269 e. The molecular weight excluding hydrogens is 296 g/mol. The Morgan fingerprint density at radius 3 is 2.43 bits per heavy atom. The number of nitro groups is 1. The molecule has 0 aliphatic rings. The maximum atomic E-state index is 12.7. The van der Waals surface area contributed by atoms with Gasteiger partial charge in [0.1, 0.15) is 12.1 Å². The Hall–Kier alpha value is -2.57. The molecule has 2 atom stereocenters. The maximum Gasteiger partial charge on any atom is 0.269 e. The van der Waals surface area contributed by atoms with Gasteiger partial charge in [-0.15, -0.1) is 0 Å². The lowest BCUT2D eigenvalue weighted by Crippen LogP contribution is -2.40. The van der Waals surface area contributed by atoms with Crippen LogP contribution in [0, 0.1) is 10.1 Å². The number of hydrogen-bond acceptors (Lipinski definition) is 5. The second-order valence-corrected chi connectivity index (χ2v) is 5.01. The van der Waals surface area contributed by atoms with Gasteiger partial charge in [-0.25, -0.2) is 0 Å². The van der Waals surface area contributed by atoms with E-state index < -0.39 is 17.1 Å². The highest BCUT2D eigenvalue weighted by Gasteiger charge is 2.29. The summed E-state index contributed by atoms with van der Waals surface area (Å²) in [4.78, 5) is 23.2. The number of nitro benzene ring substituents is 1. The monoisotopic (exact) mass is 314 g/mol. The molecule has 0 radical (unpaired) electrons. The summed E-state index contributed by atoms with van der Waals surface area (Å²) in [5, 5.41) is 13.9. The number of likely N-dealkylation sites (N-methyl/N-ethyl adjacent to an activating group) is 1. The van der Waals surface area contributed by atoms with Gasteiger partial charge < -0.3 is 10.1 Å². The van der Waals surface area contributed by atoms with Crippen LogP contribution in [0.3, 0.4) is 0 Å². The topological polar surface area (TPSA) is 81.5 Å². The molecule has 0 saturated heterocycles. The number of benzene rings is 2. The first kappa shape index (κ1) is 16.8. The molecule has 0 saturated carbocycles. The lowest BCUT2D eigenvalue weighted by atomic mass is 9.94. The molecule has 0 aliphatic carbocycles. The molecule has 0 bridgehead atoms. The molecule has 2 rings (SSSR count). The van der Waals surface area contributed by atoms with Gasteiger partial charge in [-0.3, -0.25) is 14.9 Å². The third-order valence-electron chi connectivity index (χ3n) is 3.62. The molecule has 2 aromatic rings. The number of carbonyl (C=O) groups excluding carboxylic acids is 1. The van der Waals surface area contributed by atoms with E-state index in [9.17, 15) is 14.9 Å². The van der Waals surface area contributed by atoms with Crippen molar-refractivity contribution in [2.24, 2.45) is 0 Å². The number of methoxy groups -OCH3 is 1. The summed E-state index contributed by atoms with van der Waals surface area (Å²) in [7, 11) is 3.14. The average molecular weight is 314 g/mol. The fraction of sp³-hybridized carbons (Fsp3) is 0.235. The largest absolute Gasteiger partial charge is 0.375 e. The van der Waals surface area contributed by atoms with E-state index in [1.807, 2.05) is 6.07 Å². The van der Waals surface area contributed by atoms with E-state index in [-0.39, 0.29) is 11.5 Å². The van der Waals surface area contributed by atoms with Crippen LogP contribution in [-0.4, -0.2) is 30.9 Å². The average Bonchev–Trinajstić information content (AvgIpc) is 2.59. The van der Waals surface area contributed by atoms with Crippen LogP contribution in [0.25, 0.3) is 0 Å². The zero-order valence-electron chi connectivity index (χ0n) is 12.9. The Balaban J connectivity index is 2.35. The minimum absolute atomic E-state index is 0.0356. The van der Waals surface area contributed by atoms with E-state index in [0.717, 1.165) is 0 Å². The highest BCUT2D eigenvalue weighted by atomic mass is 16.6. The van der Waals surface area contributed by atoms with Gasteiger partial charge in [0, 0.05) is 24.8 Å². The van der Waals surface area contributed by atoms with E-state index in [4.69, 9.17) is 4.74 Å². The normalized spacial score (nSPS) is 13.3. The second-order valence-electron chi connectivity index (χ2n) is 5.01. The number of non-ortho nitro benzene ring substituents is 1. The lowest BCUT2D eigenvalue weighted by Gasteiger charge is -2.25. The van der Waals surface area contributed by atoms with E-state index in [0.29, 0.717) is 11.1 Å². The first-order chi connectivity index (χ1) is 11.1. The number of ether oxygens (including phenoxy) is 1. The van der Waals surface area contributed by atoms with Crippen molar-refractivity contribution in [3.63, 3.8) is 0 Å². The van der Waals surface area contributed by atoms with Crippen LogP contribution < -0.4 is 5.32 Å². The predicted molar refractivity (Wildman–Crippen MR) is 86.5 cm³/mol. The third kappa shape index (κ3) is 3.80. The Bertz CT molecular complexity index is 688. The number of ketones is 1. The van der Waals surface area contributed by atoms with E-state index in [1.54, 1.807) is 43.4 Å². The molecule has 0 fully saturated rings. The van der Waals surface area contributed by atoms with Crippen molar-refractivity contribution in [2.45, 2.75) is 12.1 Å². The third-order valence-corrected chi connectivity index (χ3v) is 3.62. The molecule has 6 nitrogen and oxygen atoms in total. The van der Waals surface area contributed by atoms with Gasteiger partial charge in [0.05, 0.1) is 4.92 Å². The van der Waals surface area contributed by atoms with Crippen molar-refractivity contribution >= 4 is 11.5 Å². The lowest BCUT2D eigenvalue weighted by molar-refractivity contribution is -0.385. The molecule has 0 amide bonds. The fourth-order valence-corrected chi connectivity index (χ4v) is 2.48. The molecular formula is C17H18N2O4. The summed E-state index contributed by atoms with van der Waals surface area (Å²) in [6.07, 6.45) is -0.632. The number of Topliss-reactive ketones (excluding diaryl/α,β-unsaturated/α-hetero) is 1. The van der Waals surface area contributed by atoms with E-state index >= 15 is 0 Å². The molecule has 0 aliphatic heterocycles. The first-order valence-corrected chi connectivity index (χ1v) is 7.12. The quantitative estimate of drug-likeness (QED) is 0.483. The Morgan fingerprint density at radius 2 is 1.87 bits per heavy atom. The van der Waals surface area contributed by atoms with Crippen molar-refractivity contribution < 1.29 is 14.5 Å². The van der Waals surface area contributed by atoms with Crippen molar-refractivity contribution in [1.29, 1.82) is 0 Å². The number of hydrogen-bond donors (Lipinski definition) is 1. The molecule has 0 heterocycles. The van der Waals surface area contributed by atoms with Gasteiger partial charge in [-0.2, -0.15) is 0 Å². The van der Waals surface area contributed by atoms with Gasteiger partial charge in [0.15, 0.2) is 5.78 Å². The maximum absolute atomic E-state index is 12.7. The predicted octanol–water partition coefficient (Wildman–Crippen LogP) is 2.75. The molecule has 0 spiro atoms. The minimum atomic E-state index is -0.649. The fourth-order valence-electron chi connectivity index (χ4n) is 2.48. The van der Waals surface area contributed by atoms with Crippen LogP contribution in [0.4, 0.5) is 5.69 Å². The van der Waals surface area contributed by atoms with Crippen LogP contribution >= 0.6 is 0 Å². The molecule has 23 heavy (non-hydrogen) atoms. The second kappa shape index (κ2) is 7.62. The Morgan fingerprint density at radius 1 is 1.17 bits per heavy atom. The van der Waals surface area contributed by atoms with Crippen LogP contribution in [0.1, 0.15) is 22.0 Å². The van der Waals surface area contributed by atoms with Gasteiger partial charge in [0.2, 0.25) is 0 Å². The minimum Gasteiger partial charge on any atom is -0.375 e. The van der Waals surface area contributed by atoms with Gasteiger partial charge in [0.25, 0.3) is 5.69 Å². The molecule has 2 aromatic carbocycles. The molecule has 6 heteroatoms. The van der Waals surface area contributed by atoms with Crippen molar-refractivity contribution in [1.82, 2.24) is 5.32 Å². The van der Waals surface area contributed by atoms with Gasteiger partial charge in [-0.05, 0) is 12.6 Å². The van der Waals surface area contributed by atoms with Crippen LogP contribution in [-0.2, 0) is 4.74 Å². The summed E-state index contributed by atoms with van der Waals surface area (Å²) in [6.45, 7) is 0. The first-order valence-electron chi connectivity index (χ1n) is 7.12. The number of rotatable bonds is 7. The highest BCUT2D eigenvalue weighted by molar-refractivity contribution is 6.00. The van der Waals surface area contributed by atoms with E-state index in [1.165, 1.54) is 19.2 Å². The summed E-state index contributed by atoms with van der Waals surface area (Å²) >= 11 is 0. The Kier molecular flexibility index (Phi) is 5.56. The number of nitrogens with zero attached hydrogens (tertiary/aromatic N) is 1. The summed E-state index contributed by atoms with van der Waals surface area (Å²) in [5.74, 6) is -0.133. The SMILES string of the molecule is CN[C@H](C(=O)c1ccccc1)[C@H](OC)c1cccc([N+](=O)[O-])c1. The van der Waals surface area contributed by atoms with Crippen molar-refractivity contribution in [3.05, 3.63) is 75.8 Å². The van der Waals surface area contributed by atoms with Crippen molar-refractivity contribution in [2.75, 3.05) is 14.2 Å². The molecule has 1 N–H and O–H groups in total. The van der Waals surface area contributed by atoms with Crippen LogP contribution in [0.2, 0.25) is 0 Å². The summed E-state index contributed by atoms with van der Waals surface area (Å²) in [6, 6.07) is 14.3. The molecule has 0 aromatic heterocycles. The molecule has 0 unspecified atom stereocenters. The number of nitrogens with one attached hydrogen (secondary N) is 1. The summed E-state index contributed by atoms with van der Waals surface area (Å²) < 4.78 is 5.46.